The first-order chi connectivity index (χ1) is 9.11. The summed E-state index contributed by atoms with van der Waals surface area (Å²) in [4.78, 5) is 14.6. The molecule has 2 rings (SSSR count). The van der Waals surface area contributed by atoms with Gasteiger partial charge in [0.15, 0.2) is 0 Å². The zero-order valence-electron chi connectivity index (χ0n) is 12.6. The van der Waals surface area contributed by atoms with Crippen molar-refractivity contribution >= 4 is 5.91 Å². The van der Waals surface area contributed by atoms with E-state index < -0.39 is 0 Å². The average molecular weight is 266 g/mol. The third-order valence-corrected chi connectivity index (χ3v) is 5.20. The van der Waals surface area contributed by atoms with Crippen molar-refractivity contribution in [2.24, 2.45) is 11.7 Å². The summed E-state index contributed by atoms with van der Waals surface area (Å²) in [7, 11) is 0. The molecule has 2 N–H and O–H groups in total. The third kappa shape index (κ3) is 3.71. The highest BCUT2D eigenvalue weighted by molar-refractivity contribution is 5.77. The molecule has 1 aliphatic carbocycles. The number of likely N-dealkylation sites (tertiary alicyclic amines) is 1. The number of nitrogens with zero attached hydrogens (tertiary/aromatic N) is 1. The van der Waals surface area contributed by atoms with E-state index in [1.165, 1.54) is 25.7 Å². The molecule has 1 heterocycles. The molecule has 0 aromatic carbocycles. The largest absolute Gasteiger partial charge is 0.337 e. The first-order valence-electron chi connectivity index (χ1n) is 8.18. The lowest BCUT2D eigenvalue weighted by atomic mass is 9.83. The Hall–Kier alpha value is -0.570. The zero-order valence-corrected chi connectivity index (χ0v) is 12.6. The van der Waals surface area contributed by atoms with Crippen LogP contribution in [0.2, 0.25) is 0 Å². The van der Waals surface area contributed by atoms with Gasteiger partial charge in [-0.1, -0.05) is 6.92 Å². The van der Waals surface area contributed by atoms with Crippen LogP contribution in [0.4, 0.5) is 0 Å². The summed E-state index contributed by atoms with van der Waals surface area (Å²) >= 11 is 0. The Morgan fingerprint density at radius 2 is 1.84 bits per heavy atom. The fourth-order valence-electron chi connectivity index (χ4n) is 3.86. The Kier molecular flexibility index (Phi) is 5.26. The van der Waals surface area contributed by atoms with Crippen LogP contribution in [0, 0.1) is 5.92 Å². The van der Waals surface area contributed by atoms with Gasteiger partial charge in [-0.15, -0.1) is 0 Å². The maximum Gasteiger partial charge on any atom is 0.223 e. The minimum atomic E-state index is 0.395. The molecule has 2 aliphatic rings. The molecule has 0 radical (unpaired) electrons. The highest BCUT2D eigenvalue weighted by Gasteiger charge is 2.33. The zero-order chi connectivity index (χ0) is 13.8. The van der Waals surface area contributed by atoms with Crippen molar-refractivity contribution in [2.75, 3.05) is 0 Å². The Morgan fingerprint density at radius 3 is 2.47 bits per heavy atom. The van der Waals surface area contributed by atoms with E-state index >= 15 is 0 Å². The molecule has 19 heavy (non-hydrogen) atoms. The molecule has 0 aromatic rings. The third-order valence-electron chi connectivity index (χ3n) is 5.20. The van der Waals surface area contributed by atoms with Crippen LogP contribution in [0.5, 0.6) is 0 Å². The molecular weight excluding hydrogens is 236 g/mol. The second kappa shape index (κ2) is 6.74. The maximum atomic E-state index is 12.4. The minimum Gasteiger partial charge on any atom is -0.337 e. The molecule has 2 unspecified atom stereocenters. The molecule has 2 fully saturated rings. The summed E-state index contributed by atoms with van der Waals surface area (Å²) in [6.07, 6.45) is 10.1. The molecule has 110 valence electrons. The lowest BCUT2D eigenvalue weighted by Gasteiger charge is -2.30. The van der Waals surface area contributed by atoms with E-state index in [4.69, 9.17) is 5.73 Å². The van der Waals surface area contributed by atoms with Crippen molar-refractivity contribution in [3.8, 4) is 0 Å². The Balaban J connectivity index is 1.77. The fourth-order valence-corrected chi connectivity index (χ4v) is 3.86. The molecule has 2 atom stereocenters. The molecule has 1 aliphatic heterocycles. The number of hydrogen-bond acceptors (Lipinski definition) is 2. The molecule has 1 amide bonds. The van der Waals surface area contributed by atoms with Crippen molar-refractivity contribution in [1.29, 1.82) is 0 Å². The van der Waals surface area contributed by atoms with E-state index in [0.29, 0.717) is 24.0 Å². The van der Waals surface area contributed by atoms with Crippen molar-refractivity contribution in [2.45, 2.75) is 89.8 Å². The summed E-state index contributed by atoms with van der Waals surface area (Å²) in [6.45, 7) is 4.40. The number of carbonyl (C=O) groups excluding carboxylic acids is 1. The standard InChI is InChI=1S/C16H30N2O/c1-3-15-10-4-12(2)18(15)16(19)11-7-13-5-8-14(17)9-6-13/h12-15H,3-11,17H2,1-2H3. The first-order valence-corrected chi connectivity index (χ1v) is 8.18. The second-order valence-corrected chi connectivity index (χ2v) is 6.61. The van der Waals surface area contributed by atoms with Crippen LogP contribution in [0.15, 0.2) is 0 Å². The second-order valence-electron chi connectivity index (χ2n) is 6.61. The van der Waals surface area contributed by atoms with Crippen LogP contribution in [0.3, 0.4) is 0 Å². The molecular formula is C16H30N2O. The molecule has 0 aromatic heterocycles. The maximum absolute atomic E-state index is 12.4. The van der Waals surface area contributed by atoms with Gasteiger partial charge in [0.25, 0.3) is 0 Å². The Labute approximate surface area is 117 Å². The predicted molar refractivity (Wildman–Crippen MR) is 78.8 cm³/mol. The minimum absolute atomic E-state index is 0.395. The normalized spacial score (nSPS) is 35.6. The van der Waals surface area contributed by atoms with Gasteiger partial charge in [0.1, 0.15) is 0 Å². The predicted octanol–water partition coefficient (Wildman–Crippen LogP) is 3.07. The van der Waals surface area contributed by atoms with Crippen LogP contribution >= 0.6 is 0 Å². The van der Waals surface area contributed by atoms with Crippen LogP contribution in [-0.4, -0.2) is 28.9 Å². The van der Waals surface area contributed by atoms with Crippen molar-refractivity contribution in [3.05, 3.63) is 0 Å². The van der Waals surface area contributed by atoms with Crippen LogP contribution in [-0.2, 0) is 4.79 Å². The van der Waals surface area contributed by atoms with E-state index in [9.17, 15) is 4.79 Å². The summed E-state index contributed by atoms with van der Waals surface area (Å²) < 4.78 is 0. The Morgan fingerprint density at radius 1 is 1.16 bits per heavy atom. The van der Waals surface area contributed by atoms with Gasteiger partial charge in [0.05, 0.1) is 0 Å². The van der Waals surface area contributed by atoms with E-state index in [0.717, 1.165) is 38.0 Å². The van der Waals surface area contributed by atoms with Crippen LogP contribution in [0.25, 0.3) is 0 Å². The van der Waals surface area contributed by atoms with E-state index in [1.807, 2.05) is 0 Å². The smallest absolute Gasteiger partial charge is 0.223 e. The molecule has 3 heteroatoms. The van der Waals surface area contributed by atoms with Gasteiger partial charge in [-0.2, -0.15) is 0 Å². The molecule has 0 spiro atoms. The van der Waals surface area contributed by atoms with E-state index in [1.54, 1.807) is 0 Å². The van der Waals surface area contributed by atoms with E-state index in [-0.39, 0.29) is 0 Å². The SMILES string of the molecule is CCC1CCC(C)N1C(=O)CCC1CCC(N)CC1. The number of rotatable bonds is 4. The van der Waals surface area contributed by atoms with Gasteiger partial charge in [0.2, 0.25) is 5.91 Å². The number of nitrogens with two attached hydrogens (primary N) is 1. The van der Waals surface area contributed by atoms with Gasteiger partial charge < -0.3 is 10.6 Å². The molecule has 1 saturated carbocycles. The molecule has 3 nitrogen and oxygen atoms in total. The molecule has 0 bridgehead atoms. The summed E-state index contributed by atoms with van der Waals surface area (Å²) in [5, 5.41) is 0. The fraction of sp³-hybridized carbons (Fsp3) is 0.938. The van der Waals surface area contributed by atoms with Crippen molar-refractivity contribution < 1.29 is 4.79 Å². The van der Waals surface area contributed by atoms with Crippen LogP contribution < -0.4 is 5.73 Å². The lowest BCUT2D eigenvalue weighted by Crippen LogP contribution is -2.39. The molecule has 1 saturated heterocycles. The summed E-state index contributed by atoms with van der Waals surface area (Å²) in [5.74, 6) is 1.13. The monoisotopic (exact) mass is 266 g/mol. The van der Waals surface area contributed by atoms with Crippen molar-refractivity contribution in [3.63, 3.8) is 0 Å². The summed E-state index contributed by atoms with van der Waals surface area (Å²) in [5.41, 5.74) is 5.93. The highest BCUT2D eigenvalue weighted by atomic mass is 16.2. The number of amides is 1. The lowest BCUT2D eigenvalue weighted by molar-refractivity contribution is -0.134. The first kappa shape index (κ1) is 14.8. The quantitative estimate of drug-likeness (QED) is 0.850. The Bertz CT molecular complexity index is 297. The van der Waals surface area contributed by atoms with Gasteiger partial charge in [-0.05, 0) is 64.2 Å². The van der Waals surface area contributed by atoms with Gasteiger partial charge >= 0.3 is 0 Å². The summed E-state index contributed by atoms with van der Waals surface area (Å²) in [6, 6.07) is 1.37. The number of hydrogen-bond donors (Lipinski definition) is 1. The van der Waals surface area contributed by atoms with Crippen LogP contribution in [0.1, 0.15) is 71.6 Å². The average Bonchev–Trinajstić information content (AvgIpc) is 2.79. The highest BCUT2D eigenvalue weighted by Crippen LogP contribution is 2.30. The van der Waals surface area contributed by atoms with E-state index in [2.05, 4.69) is 18.7 Å². The van der Waals surface area contributed by atoms with Gasteiger partial charge in [0, 0.05) is 24.5 Å². The van der Waals surface area contributed by atoms with Crippen molar-refractivity contribution in [1.82, 2.24) is 4.90 Å². The topological polar surface area (TPSA) is 46.3 Å². The van der Waals surface area contributed by atoms with Gasteiger partial charge in [-0.25, -0.2) is 0 Å². The number of carbonyl (C=O) groups is 1. The van der Waals surface area contributed by atoms with Gasteiger partial charge in [-0.3, -0.25) is 4.79 Å².